The first kappa shape index (κ1) is 19.3. The predicted molar refractivity (Wildman–Crippen MR) is 107 cm³/mol. The third kappa shape index (κ3) is 3.81. The van der Waals surface area contributed by atoms with Gasteiger partial charge in [-0.15, -0.1) is 0 Å². The molecule has 1 atom stereocenters. The first-order valence-corrected chi connectivity index (χ1v) is 10.6. The Labute approximate surface area is 160 Å². The summed E-state index contributed by atoms with van der Waals surface area (Å²) >= 11 is 0. The number of ether oxygens (including phenoxy) is 1. The summed E-state index contributed by atoms with van der Waals surface area (Å²) in [5.41, 5.74) is 3.85. The summed E-state index contributed by atoms with van der Waals surface area (Å²) < 4.78 is 31.2. The molecule has 0 spiro atoms. The molecule has 3 rings (SSSR count). The van der Waals surface area contributed by atoms with Crippen molar-refractivity contribution in [2.24, 2.45) is 0 Å². The summed E-state index contributed by atoms with van der Waals surface area (Å²) in [6.45, 7) is 4.04. The van der Waals surface area contributed by atoms with Crippen LogP contribution in [0.2, 0.25) is 0 Å². The molecule has 0 fully saturated rings. The molecular formula is C21H22FNO3S. The van der Waals surface area contributed by atoms with Crippen molar-refractivity contribution in [2.75, 3.05) is 12.9 Å². The van der Waals surface area contributed by atoms with Gasteiger partial charge in [0.05, 0.1) is 12.4 Å². The van der Waals surface area contributed by atoms with Gasteiger partial charge in [0.1, 0.15) is 11.5 Å². The third-order valence-electron chi connectivity index (χ3n) is 4.48. The Bertz CT molecular complexity index is 1030. The number of hydrogen-bond donors (Lipinski definition) is 1. The number of benzene rings is 2. The largest absolute Gasteiger partial charge is 0.461 e. The van der Waals surface area contributed by atoms with E-state index in [-0.39, 0.29) is 12.4 Å². The van der Waals surface area contributed by atoms with Crippen LogP contribution in [-0.4, -0.2) is 28.0 Å². The van der Waals surface area contributed by atoms with E-state index < -0.39 is 22.6 Å². The van der Waals surface area contributed by atoms with Crippen molar-refractivity contribution in [3.05, 3.63) is 59.0 Å². The van der Waals surface area contributed by atoms with Crippen LogP contribution in [0.5, 0.6) is 0 Å². The first-order chi connectivity index (χ1) is 13.0. The van der Waals surface area contributed by atoms with Crippen LogP contribution in [0.4, 0.5) is 4.39 Å². The molecule has 1 heterocycles. The van der Waals surface area contributed by atoms with Crippen LogP contribution in [-0.2, 0) is 27.7 Å². The molecule has 2 aromatic carbocycles. The van der Waals surface area contributed by atoms with Crippen molar-refractivity contribution >= 4 is 27.7 Å². The van der Waals surface area contributed by atoms with Gasteiger partial charge in [0.2, 0.25) is 0 Å². The Morgan fingerprint density at radius 3 is 2.59 bits per heavy atom. The van der Waals surface area contributed by atoms with Gasteiger partial charge in [-0.3, -0.25) is 4.21 Å². The molecule has 0 bridgehead atoms. The average molecular weight is 387 g/mol. The third-order valence-corrected chi connectivity index (χ3v) is 5.20. The van der Waals surface area contributed by atoms with Crippen LogP contribution in [0.25, 0.3) is 22.0 Å². The number of aryl methyl sites for hydroxylation is 1. The highest BCUT2D eigenvalue weighted by molar-refractivity contribution is 7.83. The number of aromatic nitrogens is 1. The van der Waals surface area contributed by atoms with Gasteiger partial charge in [-0.25, -0.2) is 9.18 Å². The second-order valence-electron chi connectivity index (χ2n) is 6.31. The van der Waals surface area contributed by atoms with E-state index in [1.807, 2.05) is 25.1 Å². The molecule has 0 amide bonds. The van der Waals surface area contributed by atoms with Gasteiger partial charge in [0, 0.05) is 39.1 Å². The quantitative estimate of drug-likeness (QED) is 0.629. The predicted octanol–water partition coefficient (Wildman–Crippen LogP) is 4.59. The molecule has 1 N–H and O–H groups in total. The standard InChI is InChI=1S/C21H22FNO3S/c1-4-13-7-6-8-16-18(20(23-19(13)16)21(24)26-5-2)14-9-10-15(12-27(3)25)17(22)11-14/h6-11,23H,4-5,12H2,1-3H3. The number of fused-ring (bicyclic) bond motifs is 1. The van der Waals surface area contributed by atoms with Crippen molar-refractivity contribution in [2.45, 2.75) is 26.0 Å². The maximum Gasteiger partial charge on any atom is 0.355 e. The minimum Gasteiger partial charge on any atom is -0.461 e. The van der Waals surface area contributed by atoms with E-state index in [2.05, 4.69) is 4.98 Å². The van der Waals surface area contributed by atoms with Crippen LogP contribution >= 0.6 is 0 Å². The van der Waals surface area contributed by atoms with E-state index in [0.717, 1.165) is 22.9 Å². The molecule has 0 radical (unpaired) electrons. The minimum absolute atomic E-state index is 0.157. The Morgan fingerprint density at radius 2 is 1.96 bits per heavy atom. The van der Waals surface area contributed by atoms with Gasteiger partial charge < -0.3 is 9.72 Å². The highest BCUT2D eigenvalue weighted by Gasteiger charge is 2.22. The fraction of sp³-hybridized carbons (Fsp3) is 0.286. The van der Waals surface area contributed by atoms with Crippen molar-refractivity contribution in [3.8, 4) is 11.1 Å². The van der Waals surface area contributed by atoms with Gasteiger partial charge in [-0.1, -0.05) is 37.3 Å². The molecule has 0 saturated heterocycles. The zero-order valence-corrected chi connectivity index (χ0v) is 16.4. The normalized spacial score (nSPS) is 12.3. The molecule has 0 aliphatic heterocycles. The number of aromatic amines is 1. The highest BCUT2D eigenvalue weighted by Crippen LogP contribution is 2.35. The van der Waals surface area contributed by atoms with E-state index in [1.54, 1.807) is 19.1 Å². The van der Waals surface area contributed by atoms with Gasteiger partial charge in [0.15, 0.2) is 0 Å². The molecule has 0 aliphatic rings. The van der Waals surface area contributed by atoms with Crippen molar-refractivity contribution in [3.63, 3.8) is 0 Å². The summed E-state index contributed by atoms with van der Waals surface area (Å²) in [5, 5.41) is 0.851. The number of carbonyl (C=O) groups excluding carboxylic acids is 1. The molecule has 1 unspecified atom stereocenters. The van der Waals surface area contributed by atoms with Crippen molar-refractivity contribution in [1.82, 2.24) is 4.98 Å². The van der Waals surface area contributed by atoms with Gasteiger partial charge in [0.25, 0.3) is 0 Å². The monoisotopic (exact) mass is 387 g/mol. The Hall–Kier alpha value is -2.47. The number of esters is 1. The SMILES string of the molecule is CCOC(=O)c1[nH]c2c(CC)cccc2c1-c1ccc(CS(C)=O)c(F)c1. The van der Waals surface area contributed by atoms with Crippen LogP contribution in [0.3, 0.4) is 0 Å². The fourth-order valence-corrected chi connectivity index (χ4v) is 3.94. The lowest BCUT2D eigenvalue weighted by atomic mass is 9.99. The van der Waals surface area contributed by atoms with Gasteiger partial charge in [-0.05, 0) is 30.5 Å². The van der Waals surface area contributed by atoms with Crippen LogP contribution in [0, 0.1) is 5.82 Å². The molecular weight excluding hydrogens is 365 g/mol. The lowest BCUT2D eigenvalue weighted by Crippen LogP contribution is -2.06. The summed E-state index contributed by atoms with van der Waals surface area (Å²) in [4.78, 5) is 15.7. The minimum atomic E-state index is -1.13. The van der Waals surface area contributed by atoms with Crippen LogP contribution in [0.15, 0.2) is 36.4 Å². The molecule has 27 heavy (non-hydrogen) atoms. The summed E-state index contributed by atoms with van der Waals surface area (Å²) in [7, 11) is -1.13. The second kappa shape index (κ2) is 8.05. The fourth-order valence-electron chi connectivity index (χ4n) is 3.27. The summed E-state index contributed by atoms with van der Waals surface area (Å²) in [6.07, 6.45) is 2.34. The van der Waals surface area contributed by atoms with Crippen LogP contribution < -0.4 is 0 Å². The molecule has 4 nitrogen and oxygen atoms in total. The number of para-hydroxylation sites is 1. The number of halogens is 1. The highest BCUT2D eigenvalue weighted by atomic mass is 32.2. The zero-order valence-electron chi connectivity index (χ0n) is 15.6. The van der Waals surface area contributed by atoms with Crippen LogP contribution in [0.1, 0.15) is 35.5 Å². The number of rotatable bonds is 6. The number of carbonyl (C=O) groups is 1. The Balaban J connectivity index is 2.23. The maximum absolute atomic E-state index is 14.6. The lowest BCUT2D eigenvalue weighted by Gasteiger charge is -2.08. The average Bonchev–Trinajstić information content (AvgIpc) is 3.03. The van der Waals surface area contributed by atoms with E-state index in [4.69, 9.17) is 4.74 Å². The van der Waals surface area contributed by atoms with Crippen molar-refractivity contribution < 1.29 is 18.1 Å². The number of hydrogen-bond acceptors (Lipinski definition) is 3. The Morgan fingerprint density at radius 1 is 1.19 bits per heavy atom. The molecule has 0 aliphatic carbocycles. The van der Waals surface area contributed by atoms with Crippen molar-refractivity contribution in [1.29, 1.82) is 0 Å². The summed E-state index contributed by atoms with van der Waals surface area (Å²) in [6, 6.07) is 10.6. The Kier molecular flexibility index (Phi) is 5.75. The zero-order chi connectivity index (χ0) is 19.6. The summed E-state index contributed by atoms with van der Waals surface area (Å²) in [5.74, 6) is -0.742. The molecule has 3 aromatic rings. The second-order valence-corrected chi connectivity index (χ2v) is 7.75. The first-order valence-electron chi connectivity index (χ1n) is 8.85. The lowest BCUT2D eigenvalue weighted by molar-refractivity contribution is 0.0521. The smallest absolute Gasteiger partial charge is 0.355 e. The molecule has 6 heteroatoms. The molecule has 1 aromatic heterocycles. The van der Waals surface area contributed by atoms with E-state index in [0.29, 0.717) is 22.4 Å². The molecule has 142 valence electrons. The topological polar surface area (TPSA) is 59.2 Å². The van der Waals surface area contributed by atoms with Gasteiger partial charge in [-0.2, -0.15) is 0 Å². The number of nitrogens with one attached hydrogen (secondary N) is 1. The molecule has 0 saturated carbocycles. The number of H-pyrrole nitrogens is 1. The van der Waals surface area contributed by atoms with Gasteiger partial charge >= 0.3 is 5.97 Å². The maximum atomic E-state index is 14.6. The van der Waals surface area contributed by atoms with E-state index in [9.17, 15) is 13.4 Å². The van der Waals surface area contributed by atoms with E-state index >= 15 is 0 Å². The van der Waals surface area contributed by atoms with E-state index in [1.165, 1.54) is 12.3 Å².